The normalized spacial score (nSPS) is 11.3. The highest BCUT2D eigenvalue weighted by molar-refractivity contribution is 7.16. The summed E-state index contributed by atoms with van der Waals surface area (Å²) in [5.74, 6) is -0.886. The lowest BCUT2D eigenvalue weighted by atomic mass is 10.3. The molecule has 0 saturated carbocycles. The molecule has 144 valence electrons. The molecule has 0 unspecified atom stereocenters. The van der Waals surface area contributed by atoms with Gasteiger partial charge in [-0.25, -0.2) is 9.37 Å². The number of hydrogen-bond acceptors (Lipinski definition) is 6. The molecule has 0 aliphatic rings. The van der Waals surface area contributed by atoms with Crippen LogP contribution in [0.3, 0.4) is 0 Å². The van der Waals surface area contributed by atoms with Crippen LogP contribution in [0.15, 0.2) is 29.1 Å². The zero-order valence-corrected chi connectivity index (χ0v) is 16.1. The van der Waals surface area contributed by atoms with Gasteiger partial charge < -0.3 is 14.6 Å². The Balaban J connectivity index is 1.68. The molecule has 3 heterocycles. The minimum Gasteiger partial charge on any atom is -0.494 e. The molecule has 1 amide bonds. The number of nitrogens with one attached hydrogen (secondary N) is 1. The molecule has 10 heteroatoms. The maximum absolute atomic E-state index is 13.8. The number of hydrogen-bond donors (Lipinski definition) is 1. The molecule has 4 aromatic rings. The molecule has 0 atom stereocenters. The van der Waals surface area contributed by atoms with Crippen LogP contribution in [-0.4, -0.2) is 32.2 Å². The molecule has 3 aromatic heterocycles. The number of methoxy groups -OCH3 is 1. The molecule has 0 spiro atoms. The summed E-state index contributed by atoms with van der Waals surface area (Å²) >= 11 is 1.32. The molecule has 1 N–H and O–H groups in total. The number of ether oxygens (including phenoxy) is 1. The van der Waals surface area contributed by atoms with Crippen LogP contribution in [0.2, 0.25) is 0 Å². The minimum atomic E-state index is -0.577. The van der Waals surface area contributed by atoms with Crippen molar-refractivity contribution in [1.29, 1.82) is 0 Å². The Bertz CT molecular complexity index is 1290. The summed E-state index contributed by atoms with van der Waals surface area (Å²) in [6.07, 6.45) is 0. The molecule has 4 rings (SSSR count). The fourth-order valence-corrected chi connectivity index (χ4v) is 3.79. The first-order valence-electron chi connectivity index (χ1n) is 8.37. The summed E-state index contributed by atoms with van der Waals surface area (Å²) in [6.45, 7) is 3.47. The standard InChI is InChI=1S/C18H16FN5O3S/c1-9-6-13-16(17(26)24-18(21-13)28-10(2)22-24)23(9)8-15(25)20-11-4-5-14(27-3)12(19)7-11/h4-7H,8H2,1-3H3,(H,20,25). The number of nitrogens with zero attached hydrogens (tertiary/aromatic N) is 4. The molecule has 0 fully saturated rings. The zero-order valence-electron chi connectivity index (χ0n) is 15.3. The lowest BCUT2D eigenvalue weighted by Gasteiger charge is -2.10. The number of aryl methyl sites for hydroxylation is 2. The third kappa shape index (κ3) is 3.01. The average molecular weight is 401 g/mol. The van der Waals surface area contributed by atoms with Crippen molar-refractivity contribution < 1.29 is 13.9 Å². The van der Waals surface area contributed by atoms with Crippen molar-refractivity contribution >= 4 is 38.9 Å². The molecule has 0 aliphatic carbocycles. The quantitative estimate of drug-likeness (QED) is 0.567. The highest BCUT2D eigenvalue weighted by Gasteiger charge is 2.17. The molecular formula is C18H16FN5O3S. The van der Waals surface area contributed by atoms with Gasteiger partial charge in [-0.15, -0.1) is 0 Å². The van der Waals surface area contributed by atoms with Gasteiger partial charge in [0.05, 0.1) is 12.6 Å². The third-order valence-corrected chi connectivity index (χ3v) is 5.12. The fraction of sp³-hybridized carbons (Fsp3) is 0.222. The molecular weight excluding hydrogens is 385 g/mol. The molecule has 0 aliphatic heterocycles. The van der Waals surface area contributed by atoms with E-state index < -0.39 is 11.7 Å². The smallest absolute Gasteiger partial charge is 0.299 e. The number of carbonyl (C=O) groups is 1. The Morgan fingerprint density at radius 3 is 2.82 bits per heavy atom. The van der Waals surface area contributed by atoms with Crippen LogP contribution in [-0.2, 0) is 11.3 Å². The van der Waals surface area contributed by atoms with Gasteiger partial charge in [0, 0.05) is 17.4 Å². The third-order valence-electron chi connectivity index (χ3n) is 4.29. The van der Waals surface area contributed by atoms with Crippen molar-refractivity contribution in [2.75, 3.05) is 12.4 Å². The summed E-state index contributed by atoms with van der Waals surface area (Å²) in [5, 5.41) is 7.53. The summed E-state index contributed by atoms with van der Waals surface area (Å²) in [5.41, 5.74) is 1.49. The van der Waals surface area contributed by atoms with Crippen molar-refractivity contribution in [3.63, 3.8) is 0 Å². The average Bonchev–Trinajstić information content (AvgIpc) is 3.15. The number of rotatable bonds is 4. The summed E-state index contributed by atoms with van der Waals surface area (Å²) < 4.78 is 21.5. The number of benzene rings is 1. The first-order chi connectivity index (χ1) is 13.4. The van der Waals surface area contributed by atoms with Crippen LogP contribution in [0.4, 0.5) is 10.1 Å². The van der Waals surface area contributed by atoms with Crippen LogP contribution >= 0.6 is 11.3 Å². The van der Waals surface area contributed by atoms with Gasteiger partial charge in [0.25, 0.3) is 5.56 Å². The van der Waals surface area contributed by atoms with Crippen LogP contribution in [0.1, 0.15) is 10.7 Å². The monoisotopic (exact) mass is 401 g/mol. The fourth-order valence-electron chi connectivity index (χ4n) is 3.05. The second-order valence-electron chi connectivity index (χ2n) is 6.24. The van der Waals surface area contributed by atoms with E-state index in [0.717, 1.165) is 5.01 Å². The van der Waals surface area contributed by atoms with E-state index in [9.17, 15) is 14.0 Å². The van der Waals surface area contributed by atoms with E-state index in [0.29, 0.717) is 27.4 Å². The number of anilines is 1. The number of fused-ring (bicyclic) bond motifs is 2. The van der Waals surface area contributed by atoms with Crippen molar-refractivity contribution in [3.05, 3.63) is 51.1 Å². The van der Waals surface area contributed by atoms with Crippen molar-refractivity contribution in [2.45, 2.75) is 20.4 Å². The lowest BCUT2D eigenvalue weighted by molar-refractivity contribution is -0.116. The highest BCUT2D eigenvalue weighted by atomic mass is 32.1. The maximum Gasteiger partial charge on any atom is 0.299 e. The second kappa shape index (κ2) is 6.71. The topological polar surface area (TPSA) is 90.5 Å². The van der Waals surface area contributed by atoms with Gasteiger partial charge in [-0.05, 0) is 32.0 Å². The number of amides is 1. The molecule has 0 radical (unpaired) electrons. The molecule has 28 heavy (non-hydrogen) atoms. The molecule has 8 nitrogen and oxygen atoms in total. The van der Waals surface area contributed by atoms with Crippen molar-refractivity contribution in [2.24, 2.45) is 0 Å². The Hall–Kier alpha value is -3.27. The zero-order chi connectivity index (χ0) is 20.0. The second-order valence-corrected chi connectivity index (χ2v) is 7.40. The predicted molar refractivity (Wildman–Crippen MR) is 104 cm³/mol. The number of carbonyl (C=O) groups excluding carboxylic acids is 1. The largest absolute Gasteiger partial charge is 0.494 e. The van der Waals surface area contributed by atoms with Gasteiger partial charge in [-0.1, -0.05) is 11.3 Å². The van der Waals surface area contributed by atoms with E-state index in [2.05, 4.69) is 15.4 Å². The van der Waals surface area contributed by atoms with Gasteiger partial charge in [-0.3, -0.25) is 9.59 Å². The molecule has 0 saturated heterocycles. The predicted octanol–water partition coefficient (Wildman–Crippen LogP) is 2.51. The van der Waals surface area contributed by atoms with Gasteiger partial charge in [0.15, 0.2) is 11.6 Å². The van der Waals surface area contributed by atoms with Crippen LogP contribution in [0, 0.1) is 19.7 Å². The minimum absolute atomic E-state index is 0.0897. The molecule has 1 aromatic carbocycles. The number of aromatic nitrogens is 4. The Morgan fingerprint density at radius 1 is 1.32 bits per heavy atom. The van der Waals surface area contributed by atoms with Gasteiger partial charge in [-0.2, -0.15) is 9.61 Å². The van der Waals surface area contributed by atoms with Crippen molar-refractivity contribution in [3.8, 4) is 5.75 Å². The lowest BCUT2D eigenvalue weighted by Crippen LogP contribution is -2.23. The Labute approximate surface area is 162 Å². The van der Waals surface area contributed by atoms with Crippen LogP contribution in [0.5, 0.6) is 5.75 Å². The summed E-state index contributed by atoms with van der Waals surface area (Å²) in [4.78, 5) is 30.3. The van der Waals surface area contributed by atoms with E-state index in [-0.39, 0.29) is 17.9 Å². The Morgan fingerprint density at radius 2 is 2.11 bits per heavy atom. The summed E-state index contributed by atoms with van der Waals surface area (Å²) in [6, 6.07) is 5.90. The van der Waals surface area contributed by atoms with E-state index in [1.54, 1.807) is 30.5 Å². The van der Waals surface area contributed by atoms with Gasteiger partial charge >= 0.3 is 0 Å². The van der Waals surface area contributed by atoms with E-state index >= 15 is 0 Å². The summed E-state index contributed by atoms with van der Waals surface area (Å²) in [7, 11) is 1.37. The molecule has 0 bridgehead atoms. The van der Waals surface area contributed by atoms with E-state index in [4.69, 9.17) is 4.74 Å². The highest BCUT2D eigenvalue weighted by Crippen LogP contribution is 2.21. The van der Waals surface area contributed by atoms with E-state index in [1.165, 1.54) is 35.1 Å². The van der Waals surface area contributed by atoms with Gasteiger partial charge in [0.1, 0.15) is 17.1 Å². The van der Waals surface area contributed by atoms with Crippen LogP contribution in [0.25, 0.3) is 16.0 Å². The number of halogens is 1. The van der Waals surface area contributed by atoms with Crippen molar-refractivity contribution in [1.82, 2.24) is 19.2 Å². The first-order valence-corrected chi connectivity index (χ1v) is 9.18. The van der Waals surface area contributed by atoms with Gasteiger partial charge in [0.2, 0.25) is 10.9 Å². The SMILES string of the molecule is COc1ccc(NC(=O)Cn2c(C)cc3nc4sc(C)nn4c(=O)c32)cc1F. The van der Waals surface area contributed by atoms with E-state index in [1.807, 2.05) is 0 Å². The van der Waals surface area contributed by atoms with Crippen LogP contribution < -0.4 is 15.6 Å². The first kappa shape index (κ1) is 18.1. The maximum atomic E-state index is 13.8. The Kier molecular flexibility index (Phi) is 4.34.